The van der Waals surface area contributed by atoms with Crippen LogP contribution < -0.4 is 9.64 Å². The second kappa shape index (κ2) is 5.08. The van der Waals surface area contributed by atoms with Crippen LogP contribution in [0.3, 0.4) is 0 Å². The summed E-state index contributed by atoms with van der Waals surface area (Å²) in [5.41, 5.74) is 3.79. The van der Waals surface area contributed by atoms with Gasteiger partial charge in [-0.2, -0.15) is 0 Å². The lowest BCUT2D eigenvalue weighted by Crippen LogP contribution is -2.36. The summed E-state index contributed by atoms with van der Waals surface area (Å²) in [5, 5.41) is 2.51. The zero-order chi connectivity index (χ0) is 14.2. The second-order valence-corrected chi connectivity index (χ2v) is 5.68. The minimum atomic E-state index is 0.674. The Hall–Kier alpha value is -2.00. The lowest BCUT2D eigenvalue weighted by Gasteiger charge is -2.29. The summed E-state index contributed by atoms with van der Waals surface area (Å²) in [6.07, 6.45) is 2.14. The highest BCUT2D eigenvalue weighted by molar-refractivity contribution is 5.91. The third kappa shape index (κ3) is 2.28. The summed E-state index contributed by atoms with van der Waals surface area (Å²) < 4.78 is 11.2. The molecule has 21 heavy (non-hydrogen) atoms. The van der Waals surface area contributed by atoms with E-state index in [4.69, 9.17) is 9.47 Å². The molecule has 0 aromatic heterocycles. The van der Waals surface area contributed by atoms with Crippen molar-refractivity contribution in [3.05, 3.63) is 42.0 Å². The molecule has 0 amide bonds. The van der Waals surface area contributed by atoms with Crippen LogP contribution in [0.4, 0.5) is 5.69 Å². The molecule has 4 rings (SSSR count). The van der Waals surface area contributed by atoms with Gasteiger partial charge in [0.05, 0.1) is 13.2 Å². The molecule has 1 fully saturated rings. The Morgan fingerprint density at radius 3 is 2.71 bits per heavy atom. The largest absolute Gasteiger partial charge is 0.489 e. The summed E-state index contributed by atoms with van der Waals surface area (Å²) >= 11 is 0. The molecule has 3 nitrogen and oxygen atoms in total. The van der Waals surface area contributed by atoms with Gasteiger partial charge in [0.15, 0.2) is 0 Å². The number of hydrogen-bond acceptors (Lipinski definition) is 3. The van der Waals surface area contributed by atoms with E-state index in [2.05, 4.69) is 48.2 Å². The Bertz CT molecular complexity index is 714. The fourth-order valence-corrected chi connectivity index (χ4v) is 3.08. The Balaban J connectivity index is 1.77. The van der Waals surface area contributed by atoms with E-state index >= 15 is 0 Å². The summed E-state index contributed by atoms with van der Waals surface area (Å²) in [6, 6.07) is 11.1. The van der Waals surface area contributed by atoms with Crippen LogP contribution in [-0.4, -0.2) is 32.9 Å². The van der Waals surface area contributed by atoms with Crippen molar-refractivity contribution in [3.8, 4) is 5.75 Å². The standard InChI is InChI=1S/C18H19NO2/c1-13-4-7-21-18-12-15-10-16(19-5-8-20-9-6-19)3-2-14(15)11-17(13)18/h2-4,10-12H,5-9H2,1H3. The minimum Gasteiger partial charge on any atom is -0.489 e. The minimum absolute atomic E-state index is 0.674. The third-order valence-electron chi connectivity index (χ3n) is 4.35. The molecule has 0 atom stereocenters. The Morgan fingerprint density at radius 1 is 1.00 bits per heavy atom. The molecule has 2 aromatic rings. The highest BCUT2D eigenvalue weighted by Crippen LogP contribution is 2.35. The van der Waals surface area contributed by atoms with Gasteiger partial charge < -0.3 is 14.4 Å². The Morgan fingerprint density at radius 2 is 1.86 bits per heavy atom. The predicted molar refractivity (Wildman–Crippen MR) is 86.1 cm³/mol. The molecule has 2 heterocycles. The molecule has 108 valence electrons. The second-order valence-electron chi connectivity index (χ2n) is 5.68. The fourth-order valence-electron chi connectivity index (χ4n) is 3.08. The molecule has 0 bridgehead atoms. The first-order valence-corrected chi connectivity index (χ1v) is 7.52. The molecule has 1 saturated heterocycles. The van der Waals surface area contributed by atoms with Crippen molar-refractivity contribution in [3.63, 3.8) is 0 Å². The van der Waals surface area contributed by atoms with Crippen molar-refractivity contribution in [2.75, 3.05) is 37.8 Å². The van der Waals surface area contributed by atoms with Crippen molar-refractivity contribution in [2.24, 2.45) is 0 Å². The smallest absolute Gasteiger partial charge is 0.127 e. The molecule has 0 unspecified atom stereocenters. The van der Waals surface area contributed by atoms with Gasteiger partial charge in [0, 0.05) is 24.3 Å². The van der Waals surface area contributed by atoms with E-state index in [-0.39, 0.29) is 0 Å². The number of rotatable bonds is 1. The van der Waals surface area contributed by atoms with E-state index in [1.54, 1.807) is 0 Å². The molecular formula is C18H19NO2. The third-order valence-corrected chi connectivity index (χ3v) is 4.35. The van der Waals surface area contributed by atoms with Crippen LogP contribution in [0.25, 0.3) is 16.3 Å². The van der Waals surface area contributed by atoms with Gasteiger partial charge in [-0.25, -0.2) is 0 Å². The van der Waals surface area contributed by atoms with Crippen LogP contribution in [0.1, 0.15) is 12.5 Å². The molecule has 2 aromatic carbocycles. The topological polar surface area (TPSA) is 21.7 Å². The van der Waals surface area contributed by atoms with E-state index in [1.165, 1.54) is 27.6 Å². The normalized spacial score (nSPS) is 18.1. The monoisotopic (exact) mass is 281 g/mol. The van der Waals surface area contributed by atoms with Crippen LogP contribution in [0, 0.1) is 0 Å². The predicted octanol–water partition coefficient (Wildman–Crippen LogP) is 3.47. The van der Waals surface area contributed by atoms with Gasteiger partial charge in [-0.15, -0.1) is 0 Å². The van der Waals surface area contributed by atoms with Gasteiger partial charge in [0.1, 0.15) is 12.4 Å². The van der Waals surface area contributed by atoms with Gasteiger partial charge in [-0.3, -0.25) is 0 Å². The maximum atomic E-state index is 5.78. The molecular weight excluding hydrogens is 262 g/mol. The zero-order valence-electron chi connectivity index (χ0n) is 12.3. The molecule has 0 N–H and O–H groups in total. The molecule has 2 aliphatic rings. The van der Waals surface area contributed by atoms with Crippen molar-refractivity contribution in [2.45, 2.75) is 6.92 Å². The quantitative estimate of drug-likeness (QED) is 0.799. The zero-order valence-corrected chi connectivity index (χ0v) is 12.3. The number of anilines is 1. The maximum absolute atomic E-state index is 5.78. The summed E-state index contributed by atoms with van der Waals surface area (Å²) in [6.45, 7) is 6.39. The average molecular weight is 281 g/mol. The lowest BCUT2D eigenvalue weighted by atomic mass is 9.99. The Kier molecular flexibility index (Phi) is 3.08. The van der Waals surface area contributed by atoms with Gasteiger partial charge in [0.25, 0.3) is 0 Å². The number of hydrogen-bond donors (Lipinski definition) is 0. The molecule has 3 heteroatoms. The first-order valence-electron chi connectivity index (χ1n) is 7.52. The maximum Gasteiger partial charge on any atom is 0.127 e. The number of ether oxygens (including phenoxy) is 2. The van der Waals surface area contributed by atoms with Crippen LogP contribution in [0.15, 0.2) is 36.4 Å². The lowest BCUT2D eigenvalue weighted by molar-refractivity contribution is 0.122. The van der Waals surface area contributed by atoms with Crippen LogP contribution >= 0.6 is 0 Å². The van der Waals surface area contributed by atoms with E-state index in [0.29, 0.717) is 6.61 Å². The summed E-state index contributed by atoms with van der Waals surface area (Å²) in [7, 11) is 0. The van der Waals surface area contributed by atoms with Gasteiger partial charge >= 0.3 is 0 Å². The van der Waals surface area contributed by atoms with Gasteiger partial charge in [-0.1, -0.05) is 6.07 Å². The van der Waals surface area contributed by atoms with E-state index in [9.17, 15) is 0 Å². The highest BCUT2D eigenvalue weighted by atomic mass is 16.5. The first kappa shape index (κ1) is 12.7. The number of nitrogens with zero attached hydrogens (tertiary/aromatic N) is 1. The van der Waals surface area contributed by atoms with Crippen molar-refractivity contribution < 1.29 is 9.47 Å². The summed E-state index contributed by atoms with van der Waals surface area (Å²) in [5.74, 6) is 1.00. The first-order chi connectivity index (χ1) is 10.3. The molecule has 0 radical (unpaired) electrons. The summed E-state index contributed by atoms with van der Waals surface area (Å²) in [4.78, 5) is 2.38. The molecule has 0 spiro atoms. The van der Waals surface area contributed by atoms with Crippen molar-refractivity contribution >= 4 is 22.0 Å². The molecule has 0 saturated carbocycles. The highest BCUT2D eigenvalue weighted by Gasteiger charge is 2.14. The van der Waals surface area contributed by atoms with Gasteiger partial charge in [0.2, 0.25) is 0 Å². The van der Waals surface area contributed by atoms with Crippen LogP contribution in [0.2, 0.25) is 0 Å². The molecule has 2 aliphatic heterocycles. The Labute approximate surface area is 124 Å². The van der Waals surface area contributed by atoms with E-state index < -0.39 is 0 Å². The number of morpholine rings is 1. The number of allylic oxidation sites excluding steroid dienone is 1. The number of fused-ring (bicyclic) bond motifs is 2. The van der Waals surface area contributed by atoms with Crippen molar-refractivity contribution in [1.29, 1.82) is 0 Å². The van der Waals surface area contributed by atoms with Crippen LogP contribution in [0.5, 0.6) is 5.75 Å². The van der Waals surface area contributed by atoms with Crippen LogP contribution in [-0.2, 0) is 4.74 Å². The van der Waals surface area contributed by atoms with Gasteiger partial charge in [-0.05, 0) is 53.6 Å². The average Bonchev–Trinajstić information content (AvgIpc) is 2.54. The number of benzene rings is 2. The molecule has 0 aliphatic carbocycles. The van der Waals surface area contributed by atoms with E-state index in [0.717, 1.165) is 32.1 Å². The van der Waals surface area contributed by atoms with Crippen molar-refractivity contribution in [1.82, 2.24) is 0 Å². The van der Waals surface area contributed by atoms with E-state index in [1.807, 2.05) is 0 Å². The fraction of sp³-hybridized carbons (Fsp3) is 0.333. The SMILES string of the molecule is CC1=CCOc2cc3cc(N4CCOCC4)ccc3cc21.